The van der Waals surface area contributed by atoms with Crippen molar-refractivity contribution < 1.29 is 32.2 Å². The first-order valence-electron chi connectivity index (χ1n) is 13.6. The van der Waals surface area contributed by atoms with Gasteiger partial charge < -0.3 is 19.7 Å². The van der Waals surface area contributed by atoms with E-state index in [4.69, 9.17) is 9.47 Å². The molecule has 13 heteroatoms. The molecule has 0 bridgehead atoms. The quantitative estimate of drug-likeness (QED) is 0.330. The Kier molecular flexibility index (Phi) is 9.39. The maximum atomic E-state index is 13.2. The fraction of sp³-hybridized carbons (Fsp3) is 0.483. The molecule has 3 aromatic rings. The number of carbonyl (C=O) groups is 2. The van der Waals surface area contributed by atoms with Gasteiger partial charge in [-0.2, -0.15) is 13.2 Å². The average Bonchev–Trinajstić information content (AvgIpc) is 3.37. The van der Waals surface area contributed by atoms with Crippen molar-refractivity contribution in [2.24, 2.45) is 5.92 Å². The van der Waals surface area contributed by atoms with E-state index in [0.29, 0.717) is 42.1 Å². The van der Waals surface area contributed by atoms with E-state index >= 15 is 0 Å². The lowest BCUT2D eigenvalue weighted by atomic mass is 9.98. The third kappa shape index (κ3) is 8.40. The second kappa shape index (κ2) is 12.6. The molecule has 1 aliphatic rings. The van der Waals surface area contributed by atoms with Crippen LogP contribution in [0, 0.1) is 12.8 Å². The van der Waals surface area contributed by atoms with Gasteiger partial charge in [-0.3, -0.25) is 4.79 Å². The summed E-state index contributed by atoms with van der Waals surface area (Å²) in [5.74, 6) is -0.974. The Morgan fingerprint density at radius 2 is 1.74 bits per heavy atom. The van der Waals surface area contributed by atoms with Crippen LogP contribution in [0.15, 0.2) is 36.8 Å². The summed E-state index contributed by atoms with van der Waals surface area (Å²) in [5.41, 5.74) is 0.804. The largest absolute Gasteiger partial charge is 0.493 e. The minimum atomic E-state index is -4.65. The van der Waals surface area contributed by atoms with Gasteiger partial charge in [0.2, 0.25) is 5.82 Å². The molecule has 42 heavy (non-hydrogen) atoms. The van der Waals surface area contributed by atoms with Gasteiger partial charge in [0.15, 0.2) is 0 Å². The van der Waals surface area contributed by atoms with Crippen molar-refractivity contribution in [2.45, 2.75) is 65.3 Å². The van der Waals surface area contributed by atoms with E-state index < -0.39 is 29.6 Å². The smallest absolute Gasteiger partial charge is 0.451 e. The topological polar surface area (TPSA) is 107 Å². The van der Waals surface area contributed by atoms with E-state index in [9.17, 15) is 22.8 Å². The zero-order valence-electron chi connectivity index (χ0n) is 24.1. The standard InChI is InChI=1S/C29H34F3N5O4S/c1-17-13-33-25(42-17)21-10-20(24(38)36-18(2)22-14-34-26(35-15-22)29(30,31)32)11-23(12-21)40-16-19-6-8-37(9-7-19)27(39)41-28(3,4)5/h10-15,18-19H,6-9,16H2,1-5H3,(H,36,38). The van der Waals surface area contributed by atoms with Gasteiger partial charge in [0.05, 0.1) is 12.6 Å². The van der Waals surface area contributed by atoms with E-state index in [0.717, 1.165) is 35.1 Å². The van der Waals surface area contributed by atoms with Crippen LogP contribution < -0.4 is 10.1 Å². The molecule has 0 aliphatic carbocycles. The number of hydrogen-bond donors (Lipinski definition) is 1. The number of aryl methyl sites for hydroxylation is 1. The number of nitrogens with zero attached hydrogens (tertiary/aromatic N) is 4. The lowest BCUT2D eigenvalue weighted by molar-refractivity contribution is -0.145. The fourth-order valence-electron chi connectivity index (χ4n) is 4.32. The Bertz CT molecular complexity index is 1400. The summed E-state index contributed by atoms with van der Waals surface area (Å²) in [6.45, 7) is 10.6. The van der Waals surface area contributed by atoms with Crippen LogP contribution >= 0.6 is 11.3 Å². The number of piperidine rings is 1. The first kappa shape index (κ1) is 31.2. The molecule has 9 nitrogen and oxygen atoms in total. The predicted molar refractivity (Wildman–Crippen MR) is 151 cm³/mol. The molecular weight excluding hydrogens is 571 g/mol. The summed E-state index contributed by atoms with van der Waals surface area (Å²) in [7, 11) is 0. The van der Waals surface area contributed by atoms with Gasteiger partial charge in [-0.05, 0) is 71.6 Å². The second-order valence-electron chi connectivity index (χ2n) is 11.3. The Balaban J connectivity index is 1.44. The van der Waals surface area contributed by atoms with Crippen LogP contribution in [0.1, 0.15) is 73.2 Å². The highest BCUT2D eigenvalue weighted by molar-refractivity contribution is 7.14. The van der Waals surface area contributed by atoms with Crippen molar-refractivity contribution in [2.75, 3.05) is 19.7 Å². The zero-order valence-corrected chi connectivity index (χ0v) is 24.9. The number of rotatable bonds is 7. The first-order chi connectivity index (χ1) is 19.7. The van der Waals surface area contributed by atoms with Crippen LogP contribution in [0.25, 0.3) is 10.6 Å². The molecule has 4 rings (SSSR count). The molecule has 0 radical (unpaired) electrons. The van der Waals surface area contributed by atoms with E-state index in [1.54, 1.807) is 30.2 Å². The van der Waals surface area contributed by atoms with Gasteiger partial charge in [-0.25, -0.2) is 19.7 Å². The van der Waals surface area contributed by atoms with Crippen molar-refractivity contribution >= 4 is 23.3 Å². The first-order valence-corrected chi connectivity index (χ1v) is 14.4. The summed E-state index contributed by atoms with van der Waals surface area (Å²) >= 11 is 1.48. The van der Waals surface area contributed by atoms with Crippen LogP contribution in [0.3, 0.4) is 0 Å². The molecule has 3 heterocycles. The molecule has 0 saturated carbocycles. The summed E-state index contributed by atoms with van der Waals surface area (Å²) in [6.07, 6.45) is 0.399. The molecule has 1 N–H and O–H groups in total. The van der Waals surface area contributed by atoms with Crippen molar-refractivity contribution in [3.63, 3.8) is 0 Å². The lowest BCUT2D eigenvalue weighted by Crippen LogP contribution is -2.42. The molecule has 1 unspecified atom stereocenters. The van der Waals surface area contributed by atoms with E-state index in [1.165, 1.54) is 11.3 Å². The number of amides is 2. The predicted octanol–water partition coefficient (Wildman–Crippen LogP) is 6.44. The van der Waals surface area contributed by atoms with Crippen LogP contribution in [0.4, 0.5) is 18.0 Å². The van der Waals surface area contributed by atoms with Crippen molar-refractivity contribution in [1.82, 2.24) is 25.2 Å². The second-order valence-corrected chi connectivity index (χ2v) is 12.5. The number of likely N-dealkylation sites (tertiary alicyclic amines) is 1. The van der Waals surface area contributed by atoms with Gasteiger partial charge in [-0.1, -0.05) is 0 Å². The lowest BCUT2D eigenvalue weighted by Gasteiger charge is -2.33. The third-order valence-corrected chi connectivity index (χ3v) is 7.52. The summed E-state index contributed by atoms with van der Waals surface area (Å²) in [5, 5.41) is 3.52. The van der Waals surface area contributed by atoms with E-state index in [2.05, 4.69) is 20.3 Å². The zero-order chi connectivity index (χ0) is 30.7. The Hall–Kier alpha value is -3.74. The Labute approximate surface area is 246 Å². The van der Waals surface area contributed by atoms with Crippen molar-refractivity contribution in [3.8, 4) is 16.3 Å². The summed E-state index contributed by atoms with van der Waals surface area (Å²) < 4.78 is 50.1. The molecule has 1 saturated heterocycles. The normalized spacial score (nSPS) is 15.3. The summed E-state index contributed by atoms with van der Waals surface area (Å²) in [6, 6.07) is 4.52. The van der Waals surface area contributed by atoms with Gasteiger partial charge in [0, 0.05) is 53.2 Å². The Morgan fingerprint density at radius 3 is 2.31 bits per heavy atom. The van der Waals surface area contributed by atoms with Crippen molar-refractivity contribution in [1.29, 1.82) is 0 Å². The number of ether oxygens (including phenoxy) is 2. The number of halogens is 3. The van der Waals surface area contributed by atoms with Crippen LogP contribution in [-0.2, 0) is 10.9 Å². The minimum Gasteiger partial charge on any atom is -0.493 e. The third-order valence-electron chi connectivity index (χ3n) is 6.56. The number of benzene rings is 1. The molecule has 1 atom stereocenters. The maximum absolute atomic E-state index is 13.2. The van der Waals surface area contributed by atoms with Crippen molar-refractivity contribution in [3.05, 3.63) is 58.6 Å². The minimum absolute atomic E-state index is 0.214. The van der Waals surface area contributed by atoms with Gasteiger partial charge >= 0.3 is 12.3 Å². The SMILES string of the molecule is Cc1cnc(-c2cc(OCC3CCN(C(=O)OC(C)(C)C)CC3)cc(C(=O)NC(C)c3cnc(C(F)(F)F)nc3)c2)s1. The van der Waals surface area contributed by atoms with Crippen LogP contribution in [0.2, 0.25) is 0 Å². The van der Waals surface area contributed by atoms with Crippen LogP contribution in [-0.4, -0.2) is 57.1 Å². The number of nitrogens with one attached hydrogen (secondary N) is 1. The highest BCUT2D eigenvalue weighted by Gasteiger charge is 2.34. The molecule has 226 valence electrons. The number of carbonyl (C=O) groups excluding carboxylic acids is 2. The number of thiazole rings is 1. The molecular formula is C29H34F3N5O4S. The fourth-order valence-corrected chi connectivity index (χ4v) is 5.07. The van der Waals surface area contributed by atoms with Gasteiger partial charge in [-0.15, -0.1) is 11.3 Å². The molecule has 1 aromatic carbocycles. The summed E-state index contributed by atoms with van der Waals surface area (Å²) in [4.78, 5) is 39.5. The van der Waals surface area contributed by atoms with E-state index in [1.807, 2.05) is 33.8 Å². The maximum Gasteiger partial charge on any atom is 0.451 e. The highest BCUT2D eigenvalue weighted by Crippen LogP contribution is 2.31. The molecule has 2 amide bonds. The monoisotopic (exact) mass is 605 g/mol. The highest BCUT2D eigenvalue weighted by atomic mass is 32.1. The Morgan fingerprint density at radius 1 is 1.07 bits per heavy atom. The molecule has 2 aromatic heterocycles. The average molecular weight is 606 g/mol. The van der Waals surface area contributed by atoms with Crippen LogP contribution in [0.5, 0.6) is 5.75 Å². The molecule has 1 aliphatic heterocycles. The molecule has 1 fully saturated rings. The molecule has 0 spiro atoms. The van der Waals surface area contributed by atoms with Gasteiger partial charge in [0.25, 0.3) is 5.91 Å². The number of aromatic nitrogens is 3. The number of hydrogen-bond acceptors (Lipinski definition) is 8. The van der Waals surface area contributed by atoms with Gasteiger partial charge in [0.1, 0.15) is 16.4 Å². The number of alkyl halides is 3. The van der Waals surface area contributed by atoms with E-state index in [-0.39, 0.29) is 12.0 Å².